The molecule has 0 fully saturated rings. The lowest BCUT2D eigenvalue weighted by Crippen LogP contribution is -2.18. The van der Waals surface area contributed by atoms with Crippen LogP contribution in [0, 0.1) is 0 Å². The van der Waals surface area contributed by atoms with Gasteiger partial charge >= 0.3 is 6.18 Å². The fraction of sp³-hybridized carbons (Fsp3) is 0.167. The smallest absolute Gasteiger partial charge is 0.370 e. The second kappa shape index (κ2) is 4.14. The highest BCUT2D eigenvalue weighted by atomic mass is 32.1. The molecule has 3 N–H and O–H groups in total. The number of aromatic nitrogens is 1. The molecular weight excluding hydrogens is 277 g/mol. The van der Waals surface area contributed by atoms with Gasteiger partial charge in [0.25, 0.3) is 0 Å². The van der Waals surface area contributed by atoms with Crippen LogP contribution in [-0.4, -0.2) is 16.3 Å². The van der Waals surface area contributed by atoms with Gasteiger partial charge in [-0.1, -0.05) is 0 Å². The summed E-state index contributed by atoms with van der Waals surface area (Å²) < 4.78 is 38.7. The maximum absolute atomic E-state index is 12.9. The molecule has 0 aliphatic carbocycles. The Morgan fingerprint density at radius 2 is 2.05 bits per heavy atom. The van der Waals surface area contributed by atoms with Gasteiger partial charge in [0.2, 0.25) is 0 Å². The van der Waals surface area contributed by atoms with E-state index in [1.54, 1.807) is 6.08 Å². The number of hydrogen-bond donors (Lipinski definition) is 3. The average molecular weight is 286 g/mol. The van der Waals surface area contributed by atoms with Crippen molar-refractivity contribution >= 4 is 23.1 Å². The minimum Gasteiger partial charge on any atom is -0.370 e. The average Bonchev–Trinajstić information content (AvgIpc) is 2.91. The standard InChI is InChI=1S/C12H9F3N2OS/c13-12(14,15)11-6(3-4-19-11)7-5-16-8-1-2-9(18)17-10(7)8/h1-5,9,16-18H. The molecule has 2 aromatic rings. The van der Waals surface area contributed by atoms with Crippen molar-refractivity contribution in [3.63, 3.8) is 0 Å². The van der Waals surface area contributed by atoms with E-state index in [1.165, 1.54) is 23.7 Å². The summed E-state index contributed by atoms with van der Waals surface area (Å²) in [5.74, 6) is 0. The number of thiophene rings is 1. The van der Waals surface area contributed by atoms with Crippen molar-refractivity contribution in [2.24, 2.45) is 0 Å². The van der Waals surface area contributed by atoms with Crippen LogP contribution >= 0.6 is 11.3 Å². The topological polar surface area (TPSA) is 48.0 Å². The number of hydrogen-bond acceptors (Lipinski definition) is 3. The van der Waals surface area contributed by atoms with Crippen LogP contribution in [0.2, 0.25) is 0 Å². The molecule has 0 amide bonds. The second-order valence-corrected chi connectivity index (χ2v) is 5.02. The number of nitrogens with one attached hydrogen (secondary N) is 2. The van der Waals surface area contributed by atoms with Crippen molar-refractivity contribution < 1.29 is 18.3 Å². The Bertz CT molecular complexity index is 642. The van der Waals surface area contributed by atoms with E-state index in [0.29, 0.717) is 28.3 Å². The number of fused-ring (bicyclic) bond motifs is 1. The van der Waals surface area contributed by atoms with Crippen molar-refractivity contribution in [1.29, 1.82) is 0 Å². The van der Waals surface area contributed by atoms with Gasteiger partial charge in [0.15, 0.2) is 0 Å². The molecule has 0 spiro atoms. The highest BCUT2D eigenvalue weighted by Crippen LogP contribution is 2.44. The Labute approximate surface area is 110 Å². The van der Waals surface area contributed by atoms with E-state index in [0.717, 1.165) is 0 Å². The summed E-state index contributed by atoms with van der Waals surface area (Å²) in [6.45, 7) is 0. The molecule has 1 unspecified atom stereocenters. The van der Waals surface area contributed by atoms with Crippen LogP contribution in [0.5, 0.6) is 0 Å². The first kappa shape index (κ1) is 12.3. The Morgan fingerprint density at radius 3 is 2.79 bits per heavy atom. The quantitative estimate of drug-likeness (QED) is 0.751. The summed E-state index contributed by atoms with van der Waals surface area (Å²) in [5.41, 5.74) is 1.66. The predicted octanol–water partition coefficient (Wildman–Crippen LogP) is 3.52. The molecule has 3 nitrogen and oxygen atoms in total. The van der Waals surface area contributed by atoms with Crippen molar-refractivity contribution in [2.45, 2.75) is 12.4 Å². The van der Waals surface area contributed by atoms with Gasteiger partial charge in [0.05, 0.1) is 11.4 Å². The van der Waals surface area contributed by atoms with Crippen molar-refractivity contribution in [2.75, 3.05) is 5.32 Å². The molecule has 7 heteroatoms. The normalized spacial score (nSPS) is 18.2. The zero-order valence-corrected chi connectivity index (χ0v) is 10.3. The maximum atomic E-state index is 12.9. The number of aliphatic hydroxyl groups is 1. The third kappa shape index (κ3) is 2.04. The van der Waals surface area contributed by atoms with E-state index in [-0.39, 0.29) is 5.56 Å². The molecule has 0 radical (unpaired) electrons. The summed E-state index contributed by atoms with van der Waals surface area (Å²) >= 11 is 0.659. The summed E-state index contributed by atoms with van der Waals surface area (Å²) in [6.07, 6.45) is -0.607. The summed E-state index contributed by atoms with van der Waals surface area (Å²) in [6, 6.07) is 1.43. The largest absolute Gasteiger partial charge is 0.426 e. The third-order valence-corrected chi connectivity index (χ3v) is 3.82. The van der Waals surface area contributed by atoms with Gasteiger partial charge in [0.1, 0.15) is 11.1 Å². The summed E-state index contributed by atoms with van der Waals surface area (Å²) in [4.78, 5) is 2.25. The lowest BCUT2D eigenvalue weighted by molar-refractivity contribution is -0.133. The molecule has 0 bridgehead atoms. The maximum Gasteiger partial charge on any atom is 0.426 e. The zero-order valence-electron chi connectivity index (χ0n) is 9.45. The number of alkyl halides is 3. The Balaban J connectivity index is 2.12. The molecule has 0 saturated heterocycles. The molecule has 0 aromatic carbocycles. The fourth-order valence-electron chi connectivity index (χ4n) is 2.06. The van der Waals surface area contributed by atoms with Gasteiger partial charge in [-0.3, -0.25) is 0 Å². The van der Waals surface area contributed by atoms with E-state index in [1.807, 2.05) is 0 Å². The number of halogens is 3. The van der Waals surface area contributed by atoms with Gasteiger partial charge < -0.3 is 15.4 Å². The number of H-pyrrole nitrogens is 1. The van der Waals surface area contributed by atoms with Crippen LogP contribution < -0.4 is 5.32 Å². The van der Waals surface area contributed by atoms with Crippen LogP contribution in [0.25, 0.3) is 17.2 Å². The van der Waals surface area contributed by atoms with Crippen LogP contribution in [0.4, 0.5) is 18.9 Å². The van der Waals surface area contributed by atoms with E-state index in [9.17, 15) is 18.3 Å². The SMILES string of the molecule is OC1C=Cc2[nH]cc(-c3ccsc3C(F)(F)F)c2N1. The monoisotopic (exact) mass is 286 g/mol. The second-order valence-electron chi connectivity index (χ2n) is 4.10. The van der Waals surface area contributed by atoms with Crippen molar-refractivity contribution in [3.05, 3.63) is 34.3 Å². The number of aliphatic hydroxyl groups excluding tert-OH is 1. The minimum absolute atomic E-state index is 0.116. The Morgan fingerprint density at radius 1 is 1.26 bits per heavy atom. The van der Waals surface area contributed by atoms with Crippen LogP contribution in [0.3, 0.4) is 0 Å². The Kier molecular flexibility index (Phi) is 2.68. The van der Waals surface area contributed by atoms with Gasteiger partial charge in [0, 0.05) is 17.3 Å². The van der Waals surface area contributed by atoms with Crippen LogP contribution in [0.15, 0.2) is 23.7 Å². The van der Waals surface area contributed by atoms with E-state index >= 15 is 0 Å². The fourth-order valence-corrected chi connectivity index (χ4v) is 2.84. The number of rotatable bonds is 1. The molecule has 3 heterocycles. The molecule has 100 valence electrons. The van der Waals surface area contributed by atoms with Gasteiger partial charge in [-0.25, -0.2) is 0 Å². The molecule has 0 saturated carbocycles. The van der Waals surface area contributed by atoms with Gasteiger partial charge in [-0.15, -0.1) is 11.3 Å². The highest BCUT2D eigenvalue weighted by Gasteiger charge is 2.36. The van der Waals surface area contributed by atoms with E-state index in [4.69, 9.17) is 0 Å². The first-order valence-corrected chi connectivity index (χ1v) is 6.34. The molecular formula is C12H9F3N2OS. The minimum atomic E-state index is -4.38. The number of aromatic amines is 1. The predicted molar refractivity (Wildman–Crippen MR) is 67.8 cm³/mol. The molecule has 3 rings (SSSR count). The molecule has 2 aromatic heterocycles. The lowest BCUT2D eigenvalue weighted by Gasteiger charge is -2.17. The van der Waals surface area contributed by atoms with Crippen LogP contribution in [0.1, 0.15) is 10.6 Å². The lowest BCUT2D eigenvalue weighted by atomic mass is 10.1. The first-order chi connectivity index (χ1) is 8.97. The molecule has 1 atom stereocenters. The molecule has 19 heavy (non-hydrogen) atoms. The summed E-state index contributed by atoms with van der Waals surface area (Å²) in [7, 11) is 0. The van der Waals surface area contributed by atoms with Crippen LogP contribution in [-0.2, 0) is 6.18 Å². The third-order valence-electron chi connectivity index (χ3n) is 2.86. The van der Waals surface area contributed by atoms with E-state index < -0.39 is 17.3 Å². The van der Waals surface area contributed by atoms with Gasteiger partial charge in [-0.2, -0.15) is 13.2 Å². The Hall–Kier alpha value is -1.73. The molecule has 1 aliphatic rings. The number of anilines is 1. The van der Waals surface area contributed by atoms with Crippen molar-refractivity contribution in [3.8, 4) is 11.1 Å². The zero-order chi connectivity index (χ0) is 13.6. The highest BCUT2D eigenvalue weighted by molar-refractivity contribution is 7.10. The first-order valence-electron chi connectivity index (χ1n) is 5.46. The molecule has 1 aliphatic heterocycles. The van der Waals surface area contributed by atoms with Gasteiger partial charge in [-0.05, 0) is 23.6 Å². The summed E-state index contributed by atoms with van der Waals surface area (Å²) in [5, 5.41) is 13.7. The van der Waals surface area contributed by atoms with E-state index in [2.05, 4.69) is 10.3 Å². The van der Waals surface area contributed by atoms with Crippen molar-refractivity contribution in [1.82, 2.24) is 4.98 Å².